The van der Waals surface area contributed by atoms with Gasteiger partial charge in [0.05, 0.1) is 0 Å². The second-order valence-electron chi connectivity index (χ2n) is 4.66. The van der Waals surface area contributed by atoms with Crippen LogP contribution in [0, 0.1) is 11.7 Å². The molecule has 1 aromatic carbocycles. The number of hydrogen-bond donors (Lipinski definition) is 2. The Hall–Kier alpha value is -2.11. The number of carboxylic acids is 1. The van der Waals surface area contributed by atoms with Crippen LogP contribution >= 0.6 is 0 Å². The number of halogens is 1. The summed E-state index contributed by atoms with van der Waals surface area (Å²) in [4.78, 5) is 24.0. The van der Waals surface area contributed by atoms with Crippen molar-refractivity contribution in [1.82, 2.24) is 4.90 Å². The molecule has 5 nitrogen and oxygen atoms in total. The topological polar surface area (TPSA) is 77.8 Å². The van der Waals surface area contributed by atoms with E-state index in [0.717, 1.165) is 23.8 Å². The van der Waals surface area contributed by atoms with Crippen LogP contribution in [-0.4, -0.2) is 40.1 Å². The highest BCUT2D eigenvalue weighted by molar-refractivity contribution is 5.98. The van der Waals surface area contributed by atoms with E-state index < -0.39 is 35.6 Å². The molecule has 1 aliphatic rings. The molecule has 1 fully saturated rings. The van der Waals surface area contributed by atoms with E-state index in [9.17, 15) is 19.1 Å². The lowest BCUT2D eigenvalue weighted by Crippen LogP contribution is -2.37. The third-order valence-electron chi connectivity index (χ3n) is 2.99. The number of rotatable bonds is 5. The summed E-state index contributed by atoms with van der Waals surface area (Å²) in [6, 6.07) is 3.54. The largest absolute Gasteiger partial charge is 0.507 e. The molecule has 0 aromatic heterocycles. The zero-order valence-electron chi connectivity index (χ0n) is 10.2. The highest BCUT2D eigenvalue weighted by atomic mass is 19.1. The van der Waals surface area contributed by atoms with Gasteiger partial charge in [0.25, 0.3) is 5.91 Å². The number of aromatic hydroxyl groups is 1. The predicted octanol–water partition coefficient (Wildman–Crippen LogP) is 1.47. The van der Waals surface area contributed by atoms with Gasteiger partial charge < -0.3 is 15.1 Å². The molecule has 2 rings (SSSR count). The number of carbonyl (C=O) groups excluding carboxylic acids is 1. The quantitative estimate of drug-likeness (QED) is 0.846. The van der Waals surface area contributed by atoms with Gasteiger partial charge in [0, 0.05) is 6.54 Å². The highest BCUT2D eigenvalue weighted by Crippen LogP contribution is 2.31. The Balaban J connectivity index is 2.24. The van der Waals surface area contributed by atoms with Crippen LogP contribution < -0.4 is 0 Å². The average molecular weight is 267 g/mol. The first-order chi connectivity index (χ1) is 8.99. The fourth-order valence-corrected chi connectivity index (χ4v) is 1.88. The van der Waals surface area contributed by atoms with E-state index in [-0.39, 0.29) is 12.5 Å². The van der Waals surface area contributed by atoms with E-state index in [1.807, 2.05) is 0 Å². The third-order valence-corrected chi connectivity index (χ3v) is 2.99. The fourth-order valence-electron chi connectivity index (χ4n) is 1.88. The molecule has 1 aliphatic carbocycles. The molecule has 0 spiro atoms. The maximum atomic E-state index is 13.6. The van der Waals surface area contributed by atoms with Gasteiger partial charge >= 0.3 is 5.97 Å². The minimum absolute atomic E-state index is 0.275. The first-order valence-corrected chi connectivity index (χ1v) is 5.97. The van der Waals surface area contributed by atoms with Crippen molar-refractivity contribution >= 4 is 11.9 Å². The summed E-state index contributed by atoms with van der Waals surface area (Å²) in [6.07, 6.45) is 1.87. The van der Waals surface area contributed by atoms with Crippen LogP contribution in [0.5, 0.6) is 5.75 Å². The number of nitrogens with zero attached hydrogens (tertiary/aromatic N) is 1. The number of benzene rings is 1. The summed E-state index contributed by atoms with van der Waals surface area (Å²) in [5, 5.41) is 18.4. The first-order valence-electron chi connectivity index (χ1n) is 5.97. The monoisotopic (exact) mass is 267 g/mol. The number of phenolic OH excluding ortho intramolecular Hbond substituents is 1. The maximum Gasteiger partial charge on any atom is 0.323 e. The Kier molecular flexibility index (Phi) is 3.69. The number of hydrogen-bond acceptors (Lipinski definition) is 3. The van der Waals surface area contributed by atoms with Crippen molar-refractivity contribution in [2.45, 2.75) is 12.8 Å². The summed E-state index contributed by atoms with van der Waals surface area (Å²) >= 11 is 0. The second kappa shape index (κ2) is 5.26. The van der Waals surface area contributed by atoms with E-state index in [4.69, 9.17) is 5.11 Å². The Morgan fingerprint density at radius 3 is 2.58 bits per heavy atom. The highest BCUT2D eigenvalue weighted by Gasteiger charge is 2.30. The molecule has 0 bridgehead atoms. The molecule has 1 amide bonds. The SMILES string of the molecule is O=C(O)CN(CC1CC1)C(=O)c1c(O)cccc1F. The van der Waals surface area contributed by atoms with Crippen LogP contribution in [0.4, 0.5) is 4.39 Å². The molecule has 0 atom stereocenters. The molecule has 1 aromatic rings. The van der Waals surface area contributed by atoms with Crippen molar-refractivity contribution in [2.24, 2.45) is 5.92 Å². The molecular weight excluding hydrogens is 253 g/mol. The lowest BCUT2D eigenvalue weighted by molar-refractivity contribution is -0.137. The molecule has 6 heteroatoms. The van der Waals surface area contributed by atoms with Gasteiger partial charge in [-0.15, -0.1) is 0 Å². The van der Waals surface area contributed by atoms with Crippen molar-refractivity contribution in [3.63, 3.8) is 0 Å². The molecule has 102 valence electrons. The number of phenols is 1. The Morgan fingerprint density at radius 2 is 2.05 bits per heavy atom. The predicted molar refractivity (Wildman–Crippen MR) is 64.3 cm³/mol. The standard InChI is InChI=1S/C13H14FNO4/c14-9-2-1-3-10(16)12(9)13(19)15(7-11(17)18)6-8-4-5-8/h1-3,8,16H,4-7H2,(H,17,18). The van der Waals surface area contributed by atoms with Crippen LogP contribution in [0.3, 0.4) is 0 Å². The van der Waals surface area contributed by atoms with Gasteiger partial charge in [-0.05, 0) is 30.9 Å². The second-order valence-corrected chi connectivity index (χ2v) is 4.66. The smallest absolute Gasteiger partial charge is 0.323 e. The Labute approximate surface area is 109 Å². The van der Waals surface area contributed by atoms with Gasteiger partial charge in [-0.2, -0.15) is 0 Å². The van der Waals surface area contributed by atoms with Gasteiger partial charge in [0.15, 0.2) is 0 Å². The lowest BCUT2D eigenvalue weighted by Gasteiger charge is -2.21. The number of carbonyl (C=O) groups is 2. The lowest BCUT2D eigenvalue weighted by atomic mass is 10.1. The molecule has 0 unspecified atom stereocenters. The van der Waals surface area contributed by atoms with E-state index in [1.54, 1.807) is 0 Å². The van der Waals surface area contributed by atoms with Gasteiger partial charge in [-0.3, -0.25) is 9.59 Å². The van der Waals surface area contributed by atoms with E-state index in [0.29, 0.717) is 0 Å². The molecule has 19 heavy (non-hydrogen) atoms. The van der Waals surface area contributed by atoms with Crippen LogP contribution in [0.15, 0.2) is 18.2 Å². The van der Waals surface area contributed by atoms with Crippen molar-refractivity contribution in [3.8, 4) is 5.75 Å². The molecule has 1 saturated carbocycles. The normalized spacial score (nSPS) is 14.2. The van der Waals surface area contributed by atoms with Crippen LogP contribution in [0.25, 0.3) is 0 Å². The Bertz CT molecular complexity index is 493. The number of aliphatic carboxylic acids is 1. The molecule has 0 aliphatic heterocycles. The zero-order chi connectivity index (χ0) is 14.0. The Morgan fingerprint density at radius 1 is 1.37 bits per heavy atom. The van der Waals surface area contributed by atoms with E-state index >= 15 is 0 Å². The summed E-state index contributed by atoms with van der Waals surface area (Å²) in [5.41, 5.74) is -0.468. The number of carboxylic acid groups (broad SMARTS) is 1. The van der Waals surface area contributed by atoms with Crippen molar-refractivity contribution in [3.05, 3.63) is 29.6 Å². The minimum atomic E-state index is -1.16. The summed E-state index contributed by atoms with van der Waals surface area (Å²) < 4.78 is 13.6. The van der Waals surface area contributed by atoms with Crippen LogP contribution in [0.2, 0.25) is 0 Å². The van der Waals surface area contributed by atoms with Gasteiger partial charge in [-0.1, -0.05) is 6.07 Å². The van der Waals surface area contributed by atoms with E-state index in [2.05, 4.69) is 0 Å². The third kappa shape index (κ3) is 3.21. The molecule has 0 saturated heterocycles. The van der Waals surface area contributed by atoms with Crippen molar-refractivity contribution in [1.29, 1.82) is 0 Å². The summed E-state index contributed by atoms with van der Waals surface area (Å²) in [6.45, 7) is -0.220. The molecule has 0 radical (unpaired) electrons. The van der Waals surface area contributed by atoms with Crippen molar-refractivity contribution in [2.75, 3.05) is 13.1 Å². The fraction of sp³-hybridized carbons (Fsp3) is 0.385. The van der Waals surface area contributed by atoms with Crippen LogP contribution in [-0.2, 0) is 4.79 Å². The van der Waals surface area contributed by atoms with Gasteiger partial charge in [-0.25, -0.2) is 4.39 Å². The average Bonchev–Trinajstić information content (AvgIpc) is 3.11. The van der Waals surface area contributed by atoms with Crippen molar-refractivity contribution < 1.29 is 24.2 Å². The molecule has 0 heterocycles. The summed E-state index contributed by atoms with van der Waals surface area (Å²) in [7, 11) is 0. The first kappa shape index (κ1) is 13.3. The molecular formula is C13H14FNO4. The van der Waals surface area contributed by atoms with Gasteiger partial charge in [0.2, 0.25) is 0 Å². The zero-order valence-corrected chi connectivity index (χ0v) is 10.2. The molecule has 2 N–H and O–H groups in total. The minimum Gasteiger partial charge on any atom is -0.507 e. The van der Waals surface area contributed by atoms with Gasteiger partial charge in [0.1, 0.15) is 23.7 Å². The van der Waals surface area contributed by atoms with Crippen LogP contribution in [0.1, 0.15) is 23.2 Å². The maximum absolute atomic E-state index is 13.6. The summed E-state index contributed by atoms with van der Waals surface area (Å²) in [5.74, 6) is -3.00. The number of amides is 1. The van der Waals surface area contributed by atoms with E-state index in [1.165, 1.54) is 12.1 Å².